The maximum Gasteiger partial charge on any atom is 0.272 e. The number of anilines is 1. The predicted molar refractivity (Wildman–Crippen MR) is 142 cm³/mol. The molecule has 0 radical (unpaired) electrons. The summed E-state index contributed by atoms with van der Waals surface area (Å²) in [7, 11) is 0. The molecule has 0 spiro atoms. The van der Waals surface area contributed by atoms with Gasteiger partial charge in [0.25, 0.3) is 17.5 Å². The topological polar surface area (TPSA) is 132 Å². The van der Waals surface area contributed by atoms with Crippen molar-refractivity contribution in [3.8, 4) is 6.07 Å². The average Bonchev–Trinajstić information content (AvgIpc) is 3.15. The van der Waals surface area contributed by atoms with Crippen molar-refractivity contribution in [1.82, 2.24) is 4.90 Å². The number of fused-ring (bicyclic) bond motifs is 1. The molecule has 0 fully saturated rings. The summed E-state index contributed by atoms with van der Waals surface area (Å²) < 4.78 is 0. The fourth-order valence-electron chi connectivity index (χ4n) is 4.26. The molecule has 1 aliphatic heterocycles. The minimum Gasteiger partial charge on any atom is -0.372 e. The molecule has 192 valence electrons. The zero-order chi connectivity index (χ0) is 27.4. The summed E-state index contributed by atoms with van der Waals surface area (Å²) in [5, 5.41) is 28.7. The first-order valence-electron chi connectivity index (χ1n) is 11.9. The standard InChI is InChI=1S/C27H23ClN6O4/c1-3-32(11-6-12-33-26(35)21-7-4-5-8-22(21)27(33)36)19-9-10-24(17(2)13-19)30-31-25-18(16-29)14-20(34(37)38)15-23(25)28/h4-5,7-10,13-15H,3,6,11-12H2,1-2H3/b31-30+. The summed E-state index contributed by atoms with van der Waals surface area (Å²) in [6.07, 6.45) is 0.607. The van der Waals surface area contributed by atoms with Gasteiger partial charge in [0, 0.05) is 37.5 Å². The molecule has 0 unspecified atom stereocenters. The molecule has 0 N–H and O–H groups in total. The Bertz CT molecular complexity index is 1480. The van der Waals surface area contributed by atoms with Crippen molar-refractivity contribution in [3.05, 3.63) is 92.0 Å². The summed E-state index contributed by atoms with van der Waals surface area (Å²) in [5.41, 5.74) is 2.93. The summed E-state index contributed by atoms with van der Waals surface area (Å²) in [4.78, 5) is 39.0. The number of nitro benzene ring substituents is 1. The van der Waals surface area contributed by atoms with Crippen LogP contribution in [0.15, 0.2) is 64.8 Å². The molecule has 0 atom stereocenters. The van der Waals surface area contributed by atoms with Crippen LogP contribution in [-0.2, 0) is 0 Å². The van der Waals surface area contributed by atoms with E-state index in [1.165, 1.54) is 4.90 Å². The van der Waals surface area contributed by atoms with Crippen LogP contribution in [0.1, 0.15) is 45.2 Å². The molecular formula is C27H23ClN6O4. The molecule has 0 aromatic heterocycles. The number of nitrogens with zero attached hydrogens (tertiary/aromatic N) is 6. The summed E-state index contributed by atoms with van der Waals surface area (Å²) in [6, 6.07) is 16.6. The number of carbonyl (C=O) groups excluding carboxylic acids is 2. The van der Waals surface area contributed by atoms with E-state index in [0.717, 1.165) is 23.4 Å². The molecular weight excluding hydrogens is 508 g/mol. The van der Waals surface area contributed by atoms with Gasteiger partial charge in [-0.2, -0.15) is 10.4 Å². The molecule has 38 heavy (non-hydrogen) atoms. The minimum absolute atomic E-state index is 0.0380. The van der Waals surface area contributed by atoms with Crippen molar-refractivity contribution in [3.63, 3.8) is 0 Å². The van der Waals surface area contributed by atoms with Gasteiger partial charge < -0.3 is 4.90 Å². The van der Waals surface area contributed by atoms with Crippen LogP contribution in [0.3, 0.4) is 0 Å². The molecule has 0 aliphatic carbocycles. The van der Waals surface area contributed by atoms with Gasteiger partial charge in [-0.25, -0.2) is 0 Å². The Morgan fingerprint density at radius 3 is 2.34 bits per heavy atom. The number of rotatable bonds is 9. The van der Waals surface area contributed by atoms with Crippen LogP contribution in [0, 0.1) is 28.4 Å². The highest BCUT2D eigenvalue weighted by atomic mass is 35.5. The second-order valence-corrected chi connectivity index (χ2v) is 9.01. The van der Waals surface area contributed by atoms with Crippen LogP contribution in [0.5, 0.6) is 0 Å². The Labute approximate surface area is 223 Å². The number of imide groups is 1. The average molecular weight is 531 g/mol. The Hall–Kier alpha value is -4.62. The van der Waals surface area contributed by atoms with Crippen molar-refractivity contribution < 1.29 is 14.5 Å². The Kier molecular flexibility index (Phi) is 7.79. The summed E-state index contributed by atoms with van der Waals surface area (Å²) in [5.74, 6) is -0.515. The monoisotopic (exact) mass is 530 g/mol. The van der Waals surface area contributed by atoms with E-state index in [1.54, 1.807) is 30.3 Å². The van der Waals surface area contributed by atoms with E-state index in [4.69, 9.17) is 11.6 Å². The van der Waals surface area contributed by atoms with E-state index < -0.39 is 4.92 Å². The van der Waals surface area contributed by atoms with Crippen LogP contribution in [-0.4, -0.2) is 41.3 Å². The van der Waals surface area contributed by atoms with Crippen molar-refractivity contribution in [1.29, 1.82) is 5.26 Å². The lowest BCUT2D eigenvalue weighted by molar-refractivity contribution is -0.384. The summed E-state index contributed by atoms with van der Waals surface area (Å²) >= 11 is 6.13. The van der Waals surface area contributed by atoms with Gasteiger partial charge in [0.05, 0.1) is 32.3 Å². The Morgan fingerprint density at radius 2 is 1.76 bits per heavy atom. The van der Waals surface area contributed by atoms with Crippen LogP contribution in [0.25, 0.3) is 0 Å². The fraction of sp³-hybridized carbons (Fsp3) is 0.222. The Balaban J connectivity index is 1.44. The molecule has 3 aromatic carbocycles. The third-order valence-corrected chi connectivity index (χ3v) is 6.54. The normalized spacial score (nSPS) is 12.6. The lowest BCUT2D eigenvalue weighted by atomic mass is 10.1. The van der Waals surface area contributed by atoms with Crippen LogP contribution >= 0.6 is 11.6 Å². The van der Waals surface area contributed by atoms with E-state index in [0.29, 0.717) is 42.9 Å². The number of azo groups is 1. The quantitative estimate of drug-likeness (QED) is 0.137. The number of hydrogen-bond acceptors (Lipinski definition) is 8. The van der Waals surface area contributed by atoms with Crippen LogP contribution in [0.2, 0.25) is 5.02 Å². The predicted octanol–water partition coefficient (Wildman–Crippen LogP) is 6.36. The fourth-order valence-corrected chi connectivity index (χ4v) is 4.51. The SMILES string of the molecule is CCN(CCCN1C(=O)c2ccccc2C1=O)c1ccc(/N=N/c2c(Cl)cc([N+](=O)[O-])cc2C#N)c(C)c1. The van der Waals surface area contributed by atoms with Gasteiger partial charge in [-0.3, -0.25) is 24.6 Å². The third-order valence-electron chi connectivity index (χ3n) is 6.25. The highest BCUT2D eigenvalue weighted by molar-refractivity contribution is 6.33. The van der Waals surface area contributed by atoms with Gasteiger partial charge in [-0.15, -0.1) is 5.11 Å². The van der Waals surface area contributed by atoms with Crippen molar-refractivity contribution in [2.24, 2.45) is 10.2 Å². The second kappa shape index (κ2) is 11.2. The highest BCUT2D eigenvalue weighted by Crippen LogP contribution is 2.35. The first-order chi connectivity index (χ1) is 18.2. The number of halogens is 1. The molecule has 3 aromatic rings. The molecule has 0 saturated carbocycles. The first kappa shape index (κ1) is 26.4. The smallest absolute Gasteiger partial charge is 0.272 e. The lowest BCUT2D eigenvalue weighted by Gasteiger charge is -2.25. The van der Waals surface area contributed by atoms with Gasteiger partial charge in [-0.05, 0) is 56.2 Å². The van der Waals surface area contributed by atoms with Gasteiger partial charge in [0.2, 0.25) is 0 Å². The molecule has 4 rings (SSSR count). The van der Waals surface area contributed by atoms with Gasteiger partial charge in [0.15, 0.2) is 0 Å². The number of non-ortho nitro benzene ring substituents is 1. The molecule has 0 bridgehead atoms. The third kappa shape index (κ3) is 5.23. The lowest BCUT2D eigenvalue weighted by Crippen LogP contribution is -2.33. The number of amides is 2. The van der Waals surface area contributed by atoms with Crippen LogP contribution < -0.4 is 4.90 Å². The van der Waals surface area contributed by atoms with Crippen LogP contribution in [0.4, 0.5) is 22.7 Å². The molecule has 10 nitrogen and oxygen atoms in total. The number of carbonyl (C=O) groups is 2. The van der Waals surface area contributed by atoms with E-state index in [1.807, 2.05) is 32.0 Å². The number of aryl methyl sites for hydroxylation is 1. The minimum atomic E-state index is -0.629. The number of benzene rings is 3. The first-order valence-corrected chi connectivity index (χ1v) is 12.2. The van der Waals surface area contributed by atoms with Crippen molar-refractivity contribution in [2.45, 2.75) is 20.3 Å². The molecule has 1 aliphatic rings. The molecule has 2 amide bonds. The van der Waals surface area contributed by atoms with E-state index in [-0.39, 0.29) is 33.8 Å². The maximum atomic E-state index is 12.6. The van der Waals surface area contributed by atoms with Gasteiger partial charge in [-0.1, -0.05) is 23.7 Å². The second-order valence-electron chi connectivity index (χ2n) is 8.60. The zero-order valence-electron chi connectivity index (χ0n) is 20.7. The van der Waals surface area contributed by atoms with E-state index in [2.05, 4.69) is 15.1 Å². The number of nitro groups is 1. The number of nitriles is 1. The van der Waals surface area contributed by atoms with Gasteiger partial charge in [0.1, 0.15) is 11.8 Å². The summed E-state index contributed by atoms with van der Waals surface area (Å²) in [6.45, 7) is 5.56. The van der Waals surface area contributed by atoms with E-state index in [9.17, 15) is 25.0 Å². The van der Waals surface area contributed by atoms with Crippen molar-refractivity contribution >= 4 is 46.2 Å². The number of hydrogen-bond donors (Lipinski definition) is 0. The zero-order valence-corrected chi connectivity index (χ0v) is 21.5. The molecule has 11 heteroatoms. The Morgan fingerprint density at radius 1 is 1.08 bits per heavy atom. The highest BCUT2D eigenvalue weighted by Gasteiger charge is 2.34. The molecule has 1 heterocycles. The maximum absolute atomic E-state index is 12.6. The molecule has 0 saturated heterocycles. The van der Waals surface area contributed by atoms with Gasteiger partial charge >= 0.3 is 0 Å². The van der Waals surface area contributed by atoms with Crippen molar-refractivity contribution in [2.75, 3.05) is 24.5 Å². The largest absolute Gasteiger partial charge is 0.372 e. The van der Waals surface area contributed by atoms with E-state index >= 15 is 0 Å².